The summed E-state index contributed by atoms with van der Waals surface area (Å²) >= 11 is 0. The minimum atomic E-state index is -4.51. The lowest BCUT2D eigenvalue weighted by Crippen LogP contribution is -2.49. The van der Waals surface area contributed by atoms with Crippen molar-refractivity contribution in [3.05, 3.63) is 0 Å². The number of amides is 1. The van der Waals surface area contributed by atoms with E-state index in [1.165, 1.54) is 0 Å². The highest BCUT2D eigenvalue weighted by atomic mass is 19.4. The third-order valence-electron chi connectivity index (χ3n) is 2.72. The molecule has 1 saturated heterocycles. The van der Waals surface area contributed by atoms with Gasteiger partial charge in [-0.3, -0.25) is 4.79 Å². The quantitative estimate of drug-likeness (QED) is 0.718. The van der Waals surface area contributed by atoms with Crippen LogP contribution in [0.4, 0.5) is 18.0 Å². The van der Waals surface area contributed by atoms with Gasteiger partial charge in [0.1, 0.15) is 0 Å². The average Bonchev–Trinajstić information content (AvgIpc) is 2.26. The highest BCUT2D eigenvalue weighted by molar-refractivity contribution is 5.74. The number of carboxylic acid groups (broad SMARTS) is 1. The second-order valence-corrected chi connectivity index (χ2v) is 3.88. The molecule has 0 aliphatic carbocycles. The number of hydrogen-bond acceptors (Lipinski definition) is 3. The monoisotopic (exact) mass is 255 g/mol. The number of esters is 1. The van der Waals surface area contributed by atoms with Crippen LogP contribution >= 0.6 is 0 Å². The van der Waals surface area contributed by atoms with Crippen LogP contribution in [-0.4, -0.2) is 48.4 Å². The maximum atomic E-state index is 12.5. The van der Waals surface area contributed by atoms with Crippen LogP contribution in [0.15, 0.2) is 0 Å². The molecule has 1 fully saturated rings. The second kappa shape index (κ2) is 4.80. The van der Waals surface area contributed by atoms with Gasteiger partial charge in [-0.2, -0.15) is 13.2 Å². The van der Waals surface area contributed by atoms with E-state index in [0.29, 0.717) is 4.90 Å². The average molecular weight is 255 g/mol. The summed E-state index contributed by atoms with van der Waals surface area (Å²) in [6.07, 6.45) is -6.41. The molecule has 1 aliphatic rings. The largest absolute Gasteiger partial charge is 0.469 e. The van der Waals surface area contributed by atoms with Gasteiger partial charge in [-0.05, 0) is 6.42 Å². The summed E-state index contributed by atoms with van der Waals surface area (Å²) in [5, 5.41) is 8.70. The van der Waals surface area contributed by atoms with Crippen molar-refractivity contribution < 1.29 is 32.6 Å². The first kappa shape index (κ1) is 13.6. The Morgan fingerprint density at radius 1 is 1.35 bits per heavy atom. The normalized spacial score (nSPS) is 25.5. The molecule has 5 nitrogen and oxygen atoms in total. The van der Waals surface area contributed by atoms with E-state index in [1.807, 2.05) is 0 Å². The van der Waals surface area contributed by atoms with Crippen molar-refractivity contribution in [1.29, 1.82) is 0 Å². The molecular weight excluding hydrogens is 243 g/mol. The Hall–Kier alpha value is -1.47. The molecule has 0 saturated carbocycles. The predicted octanol–water partition coefficient (Wildman–Crippen LogP) is 1.34. The summed E-state index contributed by atoms with van der Waals surface area (Å²) in [7, 11) is 1.06. The van der Waals surface area contributed by atoms with Crippen LogP contribution in [0.2, 0.25) is 0 Å². The van der Waals surface area contributed by atoms with Gasteiger partial charge < -0.3 is 14.7 Å². The van der Waals surface area contributed by atoms with Crippen molar-refractivity contribution in [2.75, 3.05) is 20.2 Å². The van der Waals surface area contributed by atoms with Crippen LogP contribution in [0.5, 0.6) is 0 Å². The van der Waals surface area contributed by atoms with E-state index >= 15 is 0 Å². The van der Waals surface area contributed by atoms with E-state index in [2.05, 4.69) is 4.74 Å². The highest BCUT2D eigenvalue weighted by Gasteiger charge is 2.47. The fraction of sp³-hybridized carbons (Fsp3) is 0.778. The number of halogens is 3. The van der Waals surface area contributed by atoms with Gasteiger partial charge in [-0.1, -0.05) is 0 Å². The Bertz CT molecular complexity index is 318. The number of carbonyl (C=O) groups excluding carboxylic acids is 1. The van der Waals surface area contributed by atoms with E-state index < -0.39 is 43.0 Å². The molecule has 2 atom stereocenters. The molecule has 0 radical (unpaired) electrons. The highest BCUT2D eigenvalue weighted by Crippen LogP contribution is 2.35. The molecule has 2 unspecified atom stereocenters. The molecule has 1 N–H and O–H groups in total. The summed E-state index contributed by atoms with van der Waals surface area (Å²) in [6, 6.07) is 0. The van der Waals surface area contributed by atoms with Crippen LogP contribution in [0.25, 0.3) is 0 Å². The third kappa shape index (κ3) is 3.24. The second-order valence-electron chi connectivity index (χ2n) is 3.88. The van der Waals surface area contributed by atoms with E-state index in [9.17, 15) is 22.8 Å². The number of piperidine rings is 1. The van der Waals surface area contributed by atoms with Crippen LogP contribution in [-0.2, 0) is 9.53 Å². The van der Waals surface area contributed by atoms with Crippen molar-refractivity contribution >= 4 is 12.1 Å². The van der Waals surface area contributed by atoms with E-state index in [1.54, 1.807) is 0 Å². The van der Waals surface area contributed by atoms with Crippen molar-refractivity contribution in [2.45, 2.75) is 12.6 Å². The van der Waals surface area contributed by atoms with Gasteiger partial charge in [0.15, 0.2) is 0 Å². The molecule has 0 spiro atoms. The molecule has 17 heavy (non-hydrogen) atoms. The standard InChI is InChI=1S/C9H12F3NO4/c1-17-7(14)5-2-6(9(10,11)12)4-13(3-5)8(15)16/h5-6H,2-4H2,1H3,(H,15,16). The number of hydrogen-bond donors (Lipinski definition) is 1. The van der Waals surface area contributed by atoms with Gasteiger partial charge in [-0.15, -0.1) is 0 Å². The van der Waals surface area contributed by atoms with Crippen molar-refractivity contribution in [2.24, 2.45) is 11.8 Å². The van der Waals surface area contributed by atoms with Crippen molar-refractivity contribution in [3.63, 3.8) is 0 Å². The minimum Gasteiger partial charge on any atom is -0.469 e. The lowest BCUT2D eigenvalue weighted by molar-refractivity contribution is -0.192. The van der Waals surface area contributed by atoms with E-state index in [0.717, 1.165) is 7.11 Å². The maximum absolute atomic E-state index is 12.5. The Morgan fingerprint density at radius 3 is 2.35 bits per heavy atom. The lowest BCUT2D eigenvalue weighted by Gasteiger charge is -2.35. The number of rotatable bonds is 1. The van der Waals surface area contributed by atoms with Gasteiger partial charge >= 0.3 is 18.2 Å². The number of likely N-dealkylation sites (tertiary alicyclic amines) is 1. The summed E-state index contributed by atoms with van der Waals surface area (Å²) < 4.78 is 42.0. The first-order chi connectivity index (χ1) is 7.75. The lowest BCUT2D eigenvalue weighted by atomic mass is 9.89. The molecule has 1 heterocycles. The summed E-state index contributed by atoms with van der Waals surface area (Å²) in [5.74, 6) is -3.70. The number of methoxy groups -OCH3 is 1. The molecule has 8 heteroatoms. The van der Waals surface area contributed by atoms with Gasteiger partial charge in [0, 0.05) is 13.1 Å². The van der Waals surface area contributed by atoms with E-state index in [-0.39, 0.29) is 6.54 Å². The van der Waals surface area contributed by atoms with Gasteiger partial charge in [0.2, 0.25) is 0 Å². The Balaban J connectivity index is 2.83. The maximum Gasteiger partial charge on any atom is 0.407 e. The smallest absolute Gasteiger partial charge is 0.407 e. The zero-order chi connectivity index (χ0) is 13.2. The van der Waals surface area contributed by atoms with Crippen LogP contribution in [0.3, 0.4) is 0 Å². The van der Waals surface area contributed by atoms with Crippen LogP contribution in [0.1, 0.15) is 6.42 Å². The first-order valence-electron chi connectivity index (χ1n) is 4.88. The number of ether oxygens (including phenoxy) is 1. The fourth-order valence-corrected chi connectivity index (χ4v) is 1.83. The third-order valence-corrected chi connectivity index (χ3v) is 2.72. The van der Waals surface area contributed by atoms with E-state index in [4.69, 9.17) is 5.11 Å². The molecule has 1 rings (SSSR count). The SMILES string of the molecule is COC(=O)C1CC(C(F)(F)F)CN(C(=O)O)C1. The van der Waals surface area contributed by atoms with Gasteiger partial charge in [0.05, 0.1) is 18.9 Å². The van der Waals surface area contributed by atoms with Gasteiger partial charge in [0.25, 0.3) is 0 Å². The first-order valence-corrected chi connectivity index (χ1v) is 4.88. The fourth-order valence-electron chi connectivity index (χ4n) is 1.83. The topological polar surface area (TPSA) is 66.8 Å². The zero-order valence-electron chi connectivity index (χ0n) is 9.03. The number of nitrogens with zero attached hydrogens (tertiary/aromatic N) is 1. The van der Waals surface area contributed by atoms with Crippen molar-refractivity contribution in [3.8, 4) is 0 Å². The Labute approximate surface area is 95.1 Å². The van der Waals surface area contributed by atoms with Crippen LogP contribution in [0, 0.1) is 11.8 Å². The summed E-state index contributed by atoms with van der Waals surface area (Å²) in [4.78, 5) is 22.5. The molecule has 98 valence electrons. The summed E-state index contributed by atoms with van der Waals surface area (Å²) in [6.45, 7) is -0.888. The number of carbonyl (C=O) groups is 2. The molecule has 0 bridgehead atoms. The molecule has 0 aromatic rings. The minimum absolute atomic E-state index is 0.255. The molecule has 0 aromatic heterocycles. The number of alkyl halides is 3. The predicted molar refractivity (Wildman–Crippen MR) is 49.3 cm³/mol. The molecule has 1 aliphatic heterocycles. The molecule has 0 aromatic carbocycles. The zero-order valence-corrected chi connectivity index (χ0v) is 9.03. The Kier molecular flexibility index (Phi) is 3.84. The van der Waals surface area contributed by atoms with Crippen molar-refractivity contribution in [1.82, 2.24) is 4.90 Å². The Morgan fingerprint density at radius 2 is 1.94 bits per heavy atom. The van der Waals surface area contributed by atoms with Gasteiger partial charge in [-0.25, -0.2) is 4.79 Å². The molecular formula is C9H12F3NO4. The summed E-state index contributed by atoms with van der Waals surface area (Å²) in [5.41, 5.74) is 0. The van der Waals surface area contributed by atoms with Crippen LogP contribution < -0.4 is 0 Å². The molecule has 1 amide bonds.